The fourth-order valence-electron chi connectivity index (χ4n) is 2.86. The molecule has 30 heavy (non-hydrogen) atoms. The van der Waals surface area contributed by atoms with E-state index in [4.69, 9.17) is 4.28 Å². The molecule has 0 aliphatic carbocycles. The molecule has 0 radical (unpaired) electrons. The molecule has 1 aromatic heterocycles. The summed E-state index contributed by atoms with van der Waals surface area (Å²) in [6, 6.07) is 8.56. The lowest BCUT2D eigenvalue weighted by Crippen LogP contribution is -2.34. The van der Waals surface area contributed by atoms with Crippen LogP contribution in [0.25, 0.3) is 12.2 Å². The van der Waals surface area contributed by atoms with E-state index in [9.17, 15) is 23.3 Å². The maximum atomic E-state index is 12.4. The van der Waals surface area contributed by atoms with Crippen LogP contribution in [0.1, 0.15) is 56.5 Å². The van der Waals surface area contributed by atoms with E-state index in [2.05, 4.69) is 20.8 Å². The van der Waals surface area contributed by atoms with Crippen LogP contribution in [0.2, 0.25) is 0 Å². The molecule has 0 aliphatic heterocycles. The summed E-state index contributed by atoms with van der Waals surface area (Å²) < 4.78 is 29.6. The minimum atomic E-state index is -4.08. The second kappa shape index (κ2) is 8.83. The highest BCUT2D eigenvalue weighted by atomic mass is 32.2. The quantitative estimate of drug-likeness (QED) is 0.486. The molecule has 0 saturated heterocycles. The molecular formula is C21H26N2O6S. The van der Waals surface area contributed by atoms with Gasteiger partial charge in [-0.2, -0.15) is 8.42 Å². The molecule has 1 heterocycles. The Morgan fingerprint density at radius 2 is 1.77 bits per heavy atom. The van der Waals surface area contributed by atoms with Crippen LogP contribution in [0.3, 0.4) is 0 Å². The van der Waals surface area contributed by atoms with Gasteiger partial charge in [-0.05, 0) is 36.0 Å². The maximum absolute atomic E-state index is 12.4. The smallest absolute Gasteiger partial charge is 0.283 e. The minimum absolute atomic E-state index is 0.0282. The van der Waals surface area contributed by atoms with Crippen LogP contribution in [0.4, 0.5) is 5.69 Å². The standard InChI is InChI=1S/C21H26N2O6S/c1-6-13-30(27,28)29-22-18(20(23(25)26)15(2)14-19(22)24)12-9-16-7-10-17(11-8-16)21(3,4)5/h7-12,14H,6,13H2,1-5H3. The first-order valence-corrected chi connectivity index (χ1v) is 11.1. The zero-order chi connectivity index (χ0) is 22.7. The Hall–Kier alpha value is -2.94. The SMILES string of the molecule is CCCS(=O)(=O)On1c(C=Cc2ccc(C(C)(C)C)cc2)c([N+](=O)[O-])c(C)cc1=O. The highest BCUT2D eigenvalue weighted by Gasteiger charge is 2.25. The largest absolute Gasteiger partial charge is 0.327 e. The van der Waals surface area contributed by atoms with Gasteiger partial charge in [-0.15, -0.1) is 4.73 Å². The van der Waals surface area contributed by atoms with Crippen molar-refractivity contribution in [2.45, 2.75) is 46.5 Å². The average Bonchev–Trinajstić information content (AvgIpc) is 2.61. The molecular weight excluding hydrogens is 408 g/mol. The van der Waals surface area contributed by atoms with Gasteiger partial charge >= 0.3 is 10.1 Å². The van der Waals surface area contributed by atoms with Gasteiger partial charge in [0, 0.05) is 11.6 Å². The van der Waals surface area contributed by atoms with Gasteiger partial charge in [-0.25, -0.2) is 0 Å². The van der Waals surface area contributed by atoms with Gasteiger partial charge in [-0.1, -0.05) is 58.0 Å². The molecule has 0 fully saturated rings. The highest BCUT2D eigenvalue weighted by molar-refractivity contribution is 7.86. The first kappa shape index (κ1) is 23.3. The number of nitro groups is 1. The number of nitrogens with zero attached hydrogens (tertiary/aromatic N) is 2. The third kappa shape index (κ3) is 5.56. The molecule has 0 spiro atoms. The Morgan fingerprint density at radius 1 is 1.17 bits per heavy atom. The summed E-state index contributed by atoms with van der Waals surface area (Å²) in [5.74, 6) is -0.321. The summed E-state index contributed by atoms with van der Waals surface area (Å²) in [4.78, 5) is 23.4. The summed E-state index contributed by atoms with van der Waals surface area (Å²) in [6.45, 7) is 9.31. The summed E-state index contributed by atoms with van der Waals surface area (Å²) in [5, 5.41) is 11.6. The van der Waals surface area contributed by atoms with Crippen LogP contribution >= 0.6 is 0 Å². The Labute approximate surface area is 176 Å². The third-order valence-corrected chi connectivity index (χ3v) is 5.69. The van der Waals surface area contributed by atoms with Gasteiger partial charge in [0.05, 0.1) is 10.7 Å². The zero-order valence-corrected chi connectivity index (χ0v) is 18.5. The molecule has 2 aromatic rings. The molecule has 8 nitrogen and oxygen atoms in total. The Kier molecular flexibility index (Phi) is 6.87. The maximum Gasteiger partial charge on any atom is 0.327 e. The Bertz CT molecular complexity index is 1120. The number of aromatic nitrogens is 1. The van der Waals surface area contributed by atoms with Gasteiger partial charge in [0.25, 0.3) is 11.2 Å². The van der Waals surface area contributed by atoms with Crippen LogP contribution < -0.4 is 9.84 Å². The fourth-order valence-corrected chi connectivity index (χ4v) is 3.82. The van der Waals surface area contributed by atoms with E-state index in [0.29, 0.717) is 4.73 Å². The van der Waals surface area contributed by atoms with Gasteiger partial charge in [0.1, 0.15) is 0 Å². The first-order valence-electron chi connectivity index (χ1n) is 9.48. The number of aryl methyl sites for hydroxylation is 1. The predicted octanol–water partition coefficient (Wildman–Crippen LogP) is 3.70. The van der Waals surface area contributed by atoms with E-state index in [-0.39, 0.29) is 28.8 Å². The van der Waals surface area contributed by atoms with E-state index in [1.165, 1.54) is 13.0 Å². The number of rotatable bonds is 7. The van der Waals surface area contributed by atoms with Crippen molar-refractivity contribution >= 4 is 28.0 Å². The summed E-state index contributed by atoms with van der Waals surface area (Å²) in [7, 11) is -4.08. The zero-order valence-electron chi connectivity index (χ0n) is 17.7. The predicted molar refractivity (Wildman–Crippen MR) is 117 cm³/mol. The van der Waals surface area contributed by atoms with E-state index < -0.39 is 26.3 Å². The monoisotopic (exact) mass is 434 g/mol. The van der Waals surface area contributed by atoms with Crippen molar-refractivity contribution in [2.24, 2.45) is 0 Å². The molecule has 0 N–H and O–H groups in total. The second-order valence-corrected chi connectivity index (χ2v) is 9.67. The lowest BCUT2D eigenvalue weighted by Gasteiger charge is -2.18. The van der Waals surface area contributed by atoms with Crippen LogP contribution in [-0.4, -0.2) is 23.8 Å². The molecule has 0 aliphatic rings. The van der Waals surface area contributed by atoms with Crippen LogP contribution in [-0.2, 0) is 15.5 Å². The average molecular weight is 435 g/mol. The summed E-state index contributed by atoms with van der Waals surface area (Å²) >= 11 is 0. The topological polar surface area (TPSA) is 109 Å². The molecule has 162 valence electrons. The third-order valence-electron chi connectivity index (χ3n) is 4.41. The molecule has 0 unspecified atom stereocenters. The Morgan fingerprint density at radius 3 is 2.27 bits per heavy atom. The van der Waals surface area contributed by atoms with Gasteiger partial charge in [0.2, 0.25) is 0 Å². The van der Waals surface area contributed by atoms with E-state index in [1.54, 1.807) is 13.0 Å². The van der Waals surface area contributed by atoms with E-state index in [1.807, 2.05) is 24.3 Å². The number of pyridine rings is 1. The van der Waals surface area contributed by atoms with Gasteiger partial charge in [-0.3, -0.25) is 19.2 Å². The molecule has 0 saturated carbocycles. The lowest BCUT2D eigenvalue weighted by atomic mass is 9.87. The van der Waals surface area contributed by atoms with Crippen molar-refractivity contribution in [3.63, 3.8) is 0 Å². The van der Waals surface area contributed by atoms with Crippen LogP contribution in [0.15, 0.2) is 35.1 Å². The fraction of sp³-hybridized carbons (Fsp3) is 0.381. The van der Waals surface area contributed by atoms with Crippen molar-refractivity contribution in [2.75, 3.05) is 5.75 Å². The number of hydrogen-bond acceptors (Lipinski definition) is 6. The summed E-state index contributed by atoms with van der Waals surface area (Å²) in [5.41, 5.74) is 0.482. The van der Waals surface area contributed by atoms with Crippen molar-refractivity contribution in [1.82, 2.24) is 4.73 Å². The molecule has 9 heteroatoms. The van der Waals surface area contributed by atoms with E-state index in [0.717, 1.165) is 17.2 Å². The van der Waals surface area contributed by atoms with Crippen LogP contribution in [0, 0.1) is 17.0 Å². The summed E-state index contributed by atoms with van der Waals surface area (Å²) in [6.07, 6.45) is 3.16. The van der Waals surface area contributed by atoms with E-state index >= 15 is 0 Å². The number of hydrogen-bond donors (Lipinski definition) is 0. The van der Waals surface area contributed by atoms with Gasteiger partial charge < -0.3 is 0 Å². The molecule has 0 bridgehead atoms. The normalized spacial score (nSPS) is 12.3. The minimum Gasteiger partial charge on any atom is -0.283 e. The molecule has 0 amide bonds. The van der Waals surface area contributed by atoms with Crippen molar-refractivity contribution in [3.05, 3.63) is 73.2 Å². The molecule has 0 atom stereocenters. The lowest BCUT2D eigenvalue weighted by molar-refractivity contribution is -0.386. The second-order valence-electron chi connectivity index (χ2n) is 7.99. The van der Waals surface area contributed by atoms with Gasteiger partial charge in [0.15, 0.2) is 5.69 Å². The van der Waals surface area contributed by atoms with Crippen molar-refractivity contribution in [3.8, 4) is 0 Å². The Balaban J connectivity index is 2.60. The number of benzene rings is 1. The van der Waals surface area contributed by atoms with Crippen LogP contribution in [0.5, 0.6) is 0 Å². The highest BCUT2D eigenvalue weighted by Crippen LogP contribution is 2.25. The van der Waals surface area contributed by atoms with Crippen molar-refractivity contribution in [1.29, 1.82) is 0 Å². The first-order chi connectivity index (χ1) is 13.9. The molecule has 1 aromatic carbocycles. The van der Waals surface area contributed by atoms with Crippen molar-refractivity contribution < 1.29 is 17.6 Å². The molecule has 2 rings (SSSR count).